The van der Waals surface area contributed by atoms with Crippen LogP contribution in [0.3, 0.4) is 0 Å². The molecule has 0 saturated heterocycles. The smallest absolute Gasteiger partial charge is 0.272 e. The summed E-state index contributed by atoms with van der Waals surface area (Å²) < 4.78 is 0.702. The predicted molar refractivity (Wildman–Crippen MR) is 79.7 cm³/mol. The van der Waals surface area contributed by atoms with Crippen molar-refractivity contribution in [3.05, 3.63) is 38.8 Å². The number of amides is 1. The average Bonchev–Trinajstić information content (AvgIpc) is 2.82. The number of hydrogen-bond acceptors (Lipinski definition) is 6. The third-order valence-corrected chi connectivity index (χ3v) is 3.79. The summed E-state index contributed by atoms with van der Waals surface area (Å²) in [7, 11) is 1.71. The Hall–Kier alpha value is -1.70. The molecule has 0 aromatic carbocycles. The summed E-state index contributed by atoms with van der Waals surface area (Å²) in [5.74, 6) is 5.30. The molecule has 3 N–H and O–H groups in total. The number of nitrogens with two attached hydrogens (primary N) is 1. The van der Waals surface area contributed by atoms with Gasteiger partial charge in [-0.05, 0) is 25.1 Å². The van der Waals surface area contributed by atoms with Gasteiger partial charge < -0.3 is 4.90 Å². The maximum absolute atomic E-state index is 12.3. The van der Waals surface area contributed by atoms with Crippen LogP contribution < -0.4 is 11.3 Å². The lowest BCUT2D eigenvalue weighted by atomic mass is 10.3. The molecule has 0 unspecified atom stereocenters. The molecule has 0 radical (unpaired) electrons. The van der Waals surface area contributed by atoms with Gasteiger partial charge in [0.2, 0.25) is 5.95 Å². The highest BCUT2D eigenvalue weighted by molar-refractivity contribution is 7.16. The number of thiophene rings is 1. The van der Waals surface area contributed by atoms with Crippen LogP contribution in [0.25, 0.3) is 0 Å². The van der Waals surface area contributed by atoms with Crippen LogP contribution in [0.4, 0.5) is 5.95 Å². The summed E-state index contributed by atoms with van der Waals surface area (Å²) >= 11 is 7.32. The van der Waals surface area contributed by atoms with Gasteiger partial charge in [0.1, 0.15) is 5.69 Å². The summed E-state index contributed by atoms with van der Waals surface area (Å²) in [5, 5.41) is 0. The van der Waals surface area contributed by atoms with E-state index in [1.807, 2.05) is 12.1 Å². The van der Waals surface area contributed by atoms with E-state index >= 15 is 0 Å². The number of anilines is 1. The molecule has 1 amide bonds. The van der Waals surface area contributed by atoms with Crippen molar-refractivity contribution in [1.29, 1.82) is 0 Å². The fraction of sp³-hybridized carbons (Fsp3) is 0.250. The van der Waals surface area contributed by atoms with Crippen molar-refractivity contribution < 1.29 is 4.79 Å². The number of aryl methyl sites for hydroxylation is 1. The molecule has 0 atom stereocenters. The van der Waals surface area contributed by atoms with Crippen LogP contribution in [0, 0.1) is 6.92 Å². The minimum Gasteiger partial charge on any atom is -0.335 e. The number of carbonyl (C=O) groups excluding carboxylic acids is 1. The summed E-state index contributed by atoms with van der Waals surface area (Å²) in [5.41, 5.74) is 3.32. The van der Waals surface area contributed by atoms with Crippen molar-refractivity contribution in [3.8, 4) is 0 Å². The number of halogens is 1. The largest absolute Gasteiger partial charge is 0.335 e. The van der Waals surface area contributed by atoms with Crippen molar-refractivity contribution in [2.24, 2.45) is 5.84 Å². The van der Waals surface area contributed by atoms with Gasteiger partial charge in [-0.15, -0.1) is 11.3 Å². The molecule has 0 fully saturated rings. The monoisotopic (exact) mass is 311 g/mol. The molecule has 0 saturated carbocycles. The Balaban J connectivity index is 2.15. The van der Waals surface area contributed by atoms with Gasteiger partial charge >= 0.3 is 0 Å². The highest BCUT2D eigenvalue weighted by Crippen LogP contribution is 2.22. The highest BCUT2D eigenvalue weighted by Gasteiger charge is 2.16. The normalized spacial score (nSPS) is 10.4. The number of hydrazine groups is 1. The molecule has 2 aromatic heterocycles. The molecule has 2 aromatic rings. The molecule has 0 aliphatic heterocycles. The molecule has 0 aliphatic carbocycles. The van der Waals surface area contributed by atoms with E-state index < -0.39 is 0 Å². The van der Waals surface area contributed by atoms with Crippen LogP contribution in [0.15, 0.2) is 18.2 Å². The summed E-state index contributed by atoms with van der Waals surface area (Å²) in [6, 6.07) is 5.33. The quantitative estimate of drug-likeness (QED) is 0.667. The van der Waals surface area contributed by atoms with Gasteiger partial charge in [-0.2, -0.15) is 0 Å². The number of hydrogen-bond donors (Lipinski definition) is 2. The van der Waals surface area contributed by atoms with Gasteiger partial charge in [-0.25, -0.2) is 15.8 Å². The number of rotatable bonds is 4. The zero-order valence-corrected chi connectivity index (χ0v) is 12.6. The van der Waals surface area contributed by atoms with E-state index in [1.54, 1.807) is 24.9 Å². The Labute approximate surface area is 125 Å². The molecule has 20 heavy (non-hydrogen) atoms. The number of aromatic nitrogens is 2. The van der Waals surface area contributed by atoms with Gasteiger partial charge in [0.25, 0.3) is 5.91 Å². The second-order valence-electron chi connectivity index (χ2n) is 4.23. The number of nitrogen functional groups attached to an aromatic ring is 1. The zero-order valence-electron chi connectivity index (χ0n) is 11.1. The fourth-order valence-corrected chi connectivity index (χ4v) is 2.82. The minimum absolute atomic E-state index is 0.198. The van der Waals surface area contributed by atoms with E-state index in [1.165, 1.54) is 11.3 Å². The van der Waals surface area contributed by atoms with E-state index in [9.17, 15) is 4.79 Å². The summed E-state index contributed by atoms with van der Waals surface area (Å²) in [4.78, 5) is 23.0. The van der Waals surface area contributed by atoms with Crippen LogP contribution in [0.5, 0.6) is 0 Å². The Kier molecular flexibility index (Phi) is 4.53. The van der Waals surface area contributed by atoms with Gasteiger partial charge in [0.15, 0.2) is 0 Å². The van der Waals surface area contributed by atoms with E-state index in [2.05, 4.69) is 15.4 Å². The standard InChI is InChI=1S/C12H14ClN5OS/c1-7-5-9(16-12(15-7)17-14)11(19)18(2)6-8-3-4-10(13)20-8/h3-5H,6,14H2,1-2H3,(H,15,16,17). The number of nitrogens with one attached hydrogen (secondary N) is 1. The van der Waals surface area contributed by atoms with Gasteiger partial charge in [-0.3, -0.25) is 10.2 Å². The lowest BCUT2D eigenvalue weighted by Crippen LogP contribution is -2.27. The second-order valence-corrected chi connectivity index (χ2v) is 6.03. The third kappa shape index (κ3) is 3.44. The minimum atomic E-state index is -0.198. The Morgan fingerprint density at radius 3 is 2.85 bits per heavy atom. The SMILES string of the molecule is Cc1cc(C(=O)N(C)Cc2ccc(Cl)s2)nc(NN)n1. The second kappa shape index (κ2) is 6.17. The van der Waals surface area contributed by atoms with E-state index in [-0.39, 0.29) is 11.9 Å². The average molecular weight is 312 g/mol. The molecule has 6 nitrogen and oxygen atoms in total. The number of carbonyl (C=O) groups is 1. The molecule has 2 heterocycles. The predicted octanol–water partition coefficient (Wildman–Crippen LogP) is 2.06. The Morgan fingerprint density at radius 1 is 1.50 bits per heavy atom. The van der Waals surface area contributed by atoms with Crippen molar-refractivity contribution in [2.45, 2.75) is 13.5 Å². The Morgan fingerprint density at radius 2 is 2.25 bits per heavy atom. The number of nitrogens with zero attached hydrogens (tertiary/aromatic N) is 3. The summed E-state index contributed by atoms with van der Waals surface area (Å²) in [6.07, 6.45) is 0. The molecular formula is C12H14ClN5OS. The molecular weight excluding hydrogens is 298 g/mol. The molecule has 8 heteroatoms. The highest BCUT2D eigenvalue weighted by atomic mass is 35.5. The van der Waals surface area contributed by atoms with Gasteiger partial charge in [0, 0.05) is 17.6 Å². The lowest BCUT2D eigenvalue weighted by molar-refractivity contribution is 0.0780. The molecule has 0 bridgehead atoms. The maximum atomic E-state index is 12.3. The lowest BCUT2D eigenvalue weighted by Gasteiger charge is -2.16. The first-order valence-electron chi connectivity index (χ1n) is 5.81. The van der Waals surface area contributed by atoms with Crippen LogP contribution in [-0.2, 0) is 6.54 Å². The molecule has 2 rings (SSSR count). The summed E-state index contributed by atoms with van der Waals surface area (Å²) in [6.45, 7) is 2.25. The molecule has 0 aliphatic rings. The third-order valence-electron chi connectivity index (χ3n) is 2.57. The van der Waals surface area contributed by atoms with E-state index in [0.717, 1.165) is 4.88 Å². The van der Waals surface area contributed by atoms with Crippen LogP contribution in [0.2, 0.25) is 4.34 Å². The topological polar surface area (TPSA) is 84.1 Å². The van der Waals surface area contributed by atoms with E-state index in [0.29, 0.717) is 22.3 Å². The first-order chi connectivity index (χ1) is 9.49. The first-order valence-corrected chi connectivity index (χ1v) is 7.01. The van der Waals surface area contributed by atoms with Crippen LogP contribution in [0.1, 0.15) is 21.1 Å². The first kappa shape index (κ1) is 14.7. The van der Waals surface area contributed by atoms with Crippen molar-refractivity contribution in [1.82, 2.24) is 14.9 Å². The fourth-order valence-electron chi connectivity index (χ4n) is 1.68. The van der Waals surface area contributed by atoms with Crippen molar-refractivity contribution in [2.75, 3.05) is 12.5 Å². The molecule has 106 valence electrons. The van der Waals surface area contributed by atoms with Crippen LogP contribution >= 0.6 is 22.9 Å². The maximum Gasteiger partial charge on any atom is 0.272 e. The van der Waals surface area contributed by atoms with Gasteiger partial charge in [0.05, 0.1) is 10.9 Å². The zero-order chi connectivity index (χ0) is 14.7. The van der Waals surface area contributed by atoms with Crippen LogP contribution in [-0.4, -0.2) is 27.8 Å². The van der Waals surface area contributed by atoms with Crippen molar-refractivity contribution >= 4 is 34.8 Å². The van der Waals surface area contributed by atoms with E-state index in [4.69, 9.17) is 17.4 Å². The van der Waals surface area contributed by atoms with Gasteiger partial charge in [-0.1, -0.05) is 11.6 Å². The van der Waals surface area contributed by atoms with Crippen molar-refractivity contribution in [3.63, 3.8) is 0 Å². The Bertz CT molecular complexity index is 630. The molecule has 0 spiro atoms.